The highest BCUT2D eigenvalue weighted by molar-refractivity contribution is 5.33. The maximum atomic E-state index is 14.1. The van der Waals surface area contributed by atoms with Gasteiger partial charge in [-0.25, -0.2) is 8.78 Å². The van der Waals surface area contributed by atoms with Gasteiger partial charge in [-0.15, -0.1) is 0 Å². The molecule has 1 aromatic heterocycles. The van der Waals surface area contributed by atoms with Crippen LogP contribution in [0.25, 0.3) is 0 Å². The SMILES string of the molecule is C[C@@H]1CC[C@@H](c2cccc(F)c2F)[C@@H](O)c2cccnc21. The second kappa shape index (κ2) is 5.53. The third kappa shape index (κ3) is 2.44. The van der Waals surface area contributed by atoms with Crippen LogP contribution in [0.2, 0.25) is 0 Å². The third-order valence-electron chi connectivity index (χ3n) is 4.33. The van der Waals surface area contributed by atoms with Crippen LogP contribution in [0.1, 0.15) is 54.5 Å². The van der Waals surface area contributed by atoms with Gasteiger partial charge in [-0.05, 0) is 36.5 Å². The van der Waals surface area contributed by atoms with Crippen LogP contribution in [-0.4, -0.2) is 10.1 Å². The molecule has 2 nitrogen and oxygen atoms in total. The van der Waals surface area contributed by atoms with Crippen molar-refractivity contribution in [2.45, 2.75) is 37.7 Å². The van der Waals surface area contributed by atoms with Crippen LogP contribution >= 0.6 is 0 Å². The van der Waals surface area contributed by atoms with Gasteiger partial charge in [0.2, 0.25) is 0 Å². The van der Waals surface area contributed by atoms with Crippen molar-refractivity contribution in [3.63, 3.8) is 0 Å². The quantitative estimate of drug-likeness (QED) is 0.803. The Kier molecular flexibility index (Phi) is 3.72. The van der Waals surface area contributed by atoms with Gasteiger partial charge < -0.3 is 5.11 Å². The van der Waals surface area contributed by atoms with Gasteiger partial charge in [-0.1, -0.05) is 25.1 Å². The summed E-state index contributed by atoms with van der Waals surface area (Å²) in [7, 11) is 0. The Hall–Kier alpha value is -1.81. The van der Waals surface area contributed by atoms with Crippen molar-refractivity contribution < 1.29 is 13.9 Å². The number of hydrogen-bond acceptors (Lipinski definition) is 2. The summed E-state index contributed by atoms with van der Waals surface area (Å²) in [6, 6.07) is 7.72. The molecular weight excluding hydrogens is 272 g/mol. The largest absolute Gasteiger partial charge is 0.388 e. The number of pyridine rings is 1. The van der Waals surface area contributed by atoms with Gasteiger partial charge >= 0.3 is 0 Å². The van der Waals surface area contributed by atoms with Crippen molar-refractivity contribution in [3.8, 4) is 0 Å². The van der Waals surface area contributed by atoms with Crippen LogP contribution in [0.15, 0.2) is 36.5 Å². The maximum absolute atomic E-state index is 14.1. The van der Waals surface area contributed by atoms with Crippen LogP contribution in [0.5, 0.6) is 0 Å². The summed E-state index contributed by atoms with van der Waals surface area (Å²) in [4.78, 5) is 4.35. The van der Waals surface area contributed by atoms with Crippen LogP contribution in [0.3, 0.4) is 0 Å². The average Bonchev–Trinajstić information content (AvgIpc) is 2.62. The zero-order chi connectivity index (χ0) is 15.0. The van der Waals surface area contributed by atoms with Gasteiger partial charge in [-0.2, -0.15) is 0 Å². The first-order chi connectivity index (χ1) is 10.1. The molecule has 4 heteroatoms. The second-order valence-electron chi connectivity index (χ2n) is 5.65. The number of benzene rings is 1. The lowest BCUT2D eigenvalue weighted by Crippen LogP contribution is -2.13. The minimum atomic E-state index is -0.872. The standard InChI is InChI=1S/C17H17F2NO/c1-10-7-8-12(11-4-2-6-14(18)15(11)19)17(21)13-5-3-9-20-16(10)13/h2-6,9-10,12,17,21H,7-8H2,1H3/t10-,12+,17-/m1/s1. The first kappa shape index (κ1) is 14.1. The molecular formula is C17H17F2NO. The molecule has 1 N–H and O–H groups in total. The molecule has 0 fully saturated rings. The molecule has 1 aliphatic rings. The molecule has 110 valence electrons. The van der Waals surface area contributed by atoms with Crippen molar-refractivity contribution in [1.29, 1.82) is 0 Å². The van der Waals surface area contributed by atoms with E-state index >= 15 is 0 Å². The van der Waals surface area contributed by atoms with E-state index in [9.17, 15) is 13.9 Å². The minimum Gasteiger partial charge on any atom is -0.388 e. The number of hydrogen-bond donors (Lipinski definition) is 1. The van der Waals surface area contributed by atoms with Gasteiger partial charge in [0.1, 0.15) is 0 Å². The normalized spacial score (nSPS) is 25.2. The van der Waals surface area contributed by atoms with Gasteiger partial charge in [-0.3, -0.25) is 4.98 Å². The Bertz CT molecular complexity index is 659. The van der Waals surface area contributed by atoms with Crippen molar-refractivity contribution >= 4 is 0 Å². The van der Waals surface area contributed by atoms with E-state index in [2.05, 4.69) is 4.98 Å². The molecule has 0 saturated heterocycles. The van der Waals surface area contributed by atoms with Gasteiger partial charge in [0.15, 0.2) is 11.6 Å². The van der Waals surface area contributed by atoms with Crippen LogP contribution in [0, 0.1) is 11.6 Å². The lowest BCUT2D eigenvalue weighted by Gasteiger charge is -2.22. The number of rotatable bonds is 1. The average molecular weight is 289 g/mol. The van der Waals surface area contributed by atoms with E-state index in [1.165, 1.54) is 6.07 Å². The molecule has 1 heterocycles. The zero-order valence-corrected chi connectivity index (χ0v) is 11.8. The maximum Gasteiger partial charge on any atom is 0.162 e. The fraction of sp³-hybridized carbons (Fsp3) is 0.353. The summed E-state index contributed by atoms with van der Waals surface area (Å²) >= 11 is 0. The number of nitrogens with zero attached hydrogens (tertiary/aromatic N) is 1. The molecule has 0 bridgehead atoms. The van der Waals surface area contributed by atoms with Crippen LogP contribution in [-0.2, 0) is 0 Å². The predicted octanol–water partition coefficient (Wildman–Crippen LogP) is 4.07. The smallest absolute Gasteiger partial charge is 0.162 e. The highest BCUT2D eigenvalue weighted by Crippen LogP contribution is 2.43. The van der Waals surface area contributed by atoms with Crippen molar-refractivity contribution in [1.82, 2.24) is 4.98 Å². The van der Waals surface area contributed by atoms with E-state index in [1.54, 1.807) is 18.3 Å². The summed E-state index contributed by atoms with van der Waals surface area (Å²) in [5, 5.41) is 10.7. The van der Waals surface area contributed by atoms with E-state index in [4.69, 9.17) is 0 Å². The molecule has 0 spiro atoms. The topological polar surface area (TPSA) is 33.1 Å². The Morgan fingerprint density at radius 2 is 1.86 bits per heavy atom. The van der Waals surface area contributed by atoms with Gasteiger partial charge in [0.25, 0.3) is 0 Å². The van der Waals surface area contributed by atoms with Gasteiger partial charge in [0.05, 0.1) is 6.10 Å². The first-order valence-electron chi connectivity index (χ1n) is 7.16. The van der Waals surface area contributed by atoms with E-state index < -0.39 is 23.7 Å². The minimum absolute atomic E-state index is 0.192. The molecule has 3 rings (SSSR count). The van der Waals surface area contributed by atoms with E-state index in [0.717, 1.165) is 23.7 Å². The van der Waals surface area contributed by atoms with Gasteiger partial charge in [0, 0.05) is 23.4 Å². The number of aliphatic hydroxyl groups is 1. The Morgan fingerprint density at radius 3 is 2.67 bits per heavy atom. The monoisotopic (exact) mass is 289 g/mol. The molecule has 0 unspecified atom stereocenters. The fourth-order valence-electron chi connectivity index (χ4n) is 3.17. The van der Waals surface area contributed by atoms with Crippen LogP contribution in [0.4, 0.5) is 8.78 Å². The predicted molar refractivity (Wildman–Crippen MR) is 75.9 cm³/mol. The Balaban J connectivity index is 2.07. The highest BCUT2D eigenvalue weighted by atomic mass is 19.2. The fourth-order valence-corrected chi connectivity index (χ4v) is 3.17. The van der Waals surface area contributed by atoms with E-state index in [-0.39, 0.29) is 11.5 Å². The third-order valence-corrected chi connectivity index (χ3v) is 4.33. The lowest BCUT2D eigenvalue weighted by atomic mass is 9.87. The van der Waals surface area contributed by atoms with Crippen molar-refractivity contribution in [3.05, 3.63) is 65.0 Å². The Morgan fingerprint density at radius 1 is 1.10 bits per heavy atom. The Labute approximate surface area is 122 Å². The molecule has 0 radical (unpaired) electrons. The second-order valence-corrected chi connectivity index (χ2v) is 5.65. The number of aliphatic hydroxyl groups excluding tert-OH is 1. The van der Waals surface area contributed by atoms with Crippen molar-refractivity contribution in [2.24, 2.45) is 0 Å². The molecule has 0 aliphatic heterocycles. The highest BCUT2D eigenvalue weighted by Gasteiger charge is 2.32. The summed E-state index contributed by atoms with van der Waals surface area (Å²) in [5.41, 5.74) is 1.81. The first-order valence-corrected chi connectivity index (χ1v) is 7.16. The zero-order valence-electron chi connectivity index (χ0n) is 11.8. The van der Waals surface area contributed by atoms with Crippen molar-refractivity contribution in [2.75, 3.05) is 0 Å². The number of aromatic nitrogens is 1. The molecule has 3 atom stereocenters. The molecule has 21 heavy (non-hydrogen) atoms. The van der Waals surface area contributed by atoms with E-state index in [1.807, 2.05) is 13.0 Å². The summed E-state index contributed by atoms with van der Waals surface area (Å²) in [6.07, 6.45) is 2.21. The molecule has 0 amide bonds. The summed E-state index contributed by atoms with van der Waals surface area (Å²) < 4.78 is 27.5. The lowest BCUT2D eigenvalue weighted by molar-refractivity contribution is 0.140. The number of fused-ring (bicyclic) bond motifs is 1. The van der Waals surface area contributed by atoms with Crippen LogP contribution < -0.4 is 0 Å². The summed E-state index contributed by atoms with van der Waals surface area (Å²) in [5.74, 6) is -1.99. The van der Waals surface area contributed by atoms with E-state index in [0.29, 0.717) is 6.42 Å². The number of halogens is 2. The molecule has 0 saturated carbocycles. The molecule has 1 aromatic carbocycles. The molecule has 1 aliphatic carbocycles. The summed E-state index contributed by atoms with van der Waals surface area (Å²) in [6.45, 7) is 2.04. The molecule has 2 aromatic rings.